The summed E-state index contributed by atoms with van der Waals surface area (Å²) in [6.07, 6.45) is 0.841. The van der Waals surface area contributed by atoms with Gasteiger partial charge in [0.25, 0.3) is 0 Å². The Morgan fingerprint density at radius 2 is 2.00 bits per heavy atom. The highest BCUT2D eigenvalue weighted by Gasteiger charge is 2.16. The molecule has 1 aliphatic rings. The van der Waals surface area contributed by atoms with Crippen molar-refractivity contribution in [3.05, 3.63) is 52.0 Å². The summed E-state index contributed by atoms with van der Waals surface area (Å²) in [5.74, 6) is 2.34. The molecule has 0 fully saturated rings. The molecule has 1 amide bonds. The fraction of sp³-hybridized carbons (Fsp3) is 0.350. The van der Waals surface area contributed by atoms with Gasteiger partial charge in [0.15, 0.2) is 11.5 Å². The number of hydrogen-bond donors (Lipinski definition) is 1. The van der Waals surface area contributed by atoms with Crippen molar-refractivity contribution < 1.29 is 14.3 Å². The first-order valence-corrected chi connectivity index (χ1v) is 10.1. The van der Waals surface area contributed by atoms with Gasteiger partial charge in [0.1, 0.15) is 0 Å². The van der Waals surface area contributed by atoms with Crippen LogP contribution >= 0.6 is 23.4 Å². The zero-order valence-electron chi connectivity index (χ0n) is 14.9. The Morgan fingerprint density at radius 1 is 1.19 bits per heavy atom. The van der Waals surface area contributed by atoms with Crippen LogP contribution in [0.2, 0.25) is 5.02 Å². The van der Waals surface area contributed by atoms with Gasteiger partial charge in [-0.2, -0.15) is 0 Å². The molecule has 0 saturated heterocycles. The topological polar surface area (TPSA) is 47.6 Å². The quantitative estimate of drug-likeness (QED) is 0.779. The molecule has 0 unspecified atom stereocenters. The van der Waals surface area contributed by atoms with Crippen LogP contribution in [0.5, 0.6) is 11.5 Å². The first-order chi connectivity index (χ1) is 12.5. The maximum atomic E-state index is 12.2. The van der Waals surface area contributed by atoms with Gasteiger partial charge in [-0.1, -0.05) is 29.3 Å². The van der Waals surface area contributed by atoms with E-state index in [-0.39, 0.29) is 5.91 Å². The minimum Gasteiger partial charge on any atom is -0.489 e. The zero-order chi connectivity index (χ0) is 18.5. The summed E-state index contributed by atoms with van der Waals surface area (Å²) in [6.45, 7) is 5.27. The Balaban J connectivity index is 1.55. The number of amides is 1. The van der Waals surface area contributed by atoms with Gasteiger partial charge < -0.3 is 14.8 Å². The fourth-order valence-electron chi connectivity index (χ4n) is 2.77. The van der Waals surface area contributed by atoms with Crippen LogP contribution in [-0.4, -0.2) is 24.9 Å². The van der Waals surface area contributed by atoms with Gasteiger partial charge in [0, 0.05) is 17.9 Å². The molecule has 0 saturated carbocycles. The number of rotatable bonds is 5. The lowest BCUT2D eigenvalue weighted by atomic mass is 10.1. The molecular weight excluding hydrogens is 370 g/mol. The normalized spacial score (nSPS) is 13.2. The van der Waals surface area contributed by atoms with E-state index in [1.54, 1.807) is 11.8 Å². The second-order valence-electron chi connectivity index (χ2n) is 6.31. The van der Waals surface area contributed by atoms with Gasteiger partial charge in [0.05, 0.1) is 24.0 Å². The van der Waals surface area contributed by atoms with Crippen molar-refractivity contribution in [2.24, 2.45) is 0 Å². The molecule has 2 aromatic carbocycles. The number of carbonyl (C=O) groups excluding carboxylic acids is 1. The maximum Gasteiger partial charge on any atom is 0.234 e. The van der Waals surface area contributed by atoms with Crippen LogP contribution < -0.4 is 14.8 Å². The van der Waals surface area contributed by atoms with E-state index in [1.807, 2.05) is 38.1 Å². The molecule has 3 rings (SSSR count). The minimum absolute atomic E-state index is 0.0117. The van der Waals surface area contributed by atoms with E-state index in [2.05, 4.69) is 11.4 Å². The van der Waals surface area contributed by atoms with Crippen molar-refractivity contribution in [2.45, 2.75) is 26.0 Å². The van der Waals surface area contributed by atoms with Crippen LogP contribution in [0.1, 0.15) is 23.1 Å². The smallest absolute Gasteiger partial charge is 0.234 e. The number of ether oxygens (including phenoxy) is 2. The Bertz CT molecular complexity index is 810. The molecule has 26 heavy (non-hydrogen) atoms. The van der Waals surface area contributed by atoms with Crippen LogP contribution in [-0.2, 0) is 10.5 Å². The van der Waals surface area contributed by atoms with Crippen LogP contribution in [0.3, 0.4) is 0 Å². The largest absolute Gasteiger partial charge is 0.489 e. The number of carbonyl (C=O) groups is 1. The molecule has 6 heteroatoms. The summed E-state index contributed by atoms with van der Waals surface area (Å²) in [6, 6.07) is 9.82. The summed E-state index contributed by atoms with van der Waals surface area (Å²) >= 11 is 7.85. The summed E-state index contributed by atoms with van der Waals surface area (Å²) in [7, 11) is 0. The van der Waals surface area contributed by atoms with Gasteiger partial charge in [-0.15, -0.1) is 11.8 Å². The molecule has 0 aromatic heterocycles. The number of thioether (sulfide) groups is 1. The third kappa shape index (κ3) is 4.86. The predicted molar refractivity (Wildman–Crippen MR) is 108 cm³/mol. The Morgan fingerprint density at radius 3 is 2.81 bits per heavy atom. The van der Waals surface area contributed by atoms with Gasteiger partial charge >= 0.3 is 0 Å². The van der Waals surface area contributed by atoms with E-state index in [0.29, 0.717) is 41.2 Å². The Labute approximate surface area is 163 Å². The second kappa shape index (κ2) is 8.69. The van der Waals surface area contributed by atoms with Crippen LogP contribution in [0.15, 0.2) is 30.3 Å². The number of anilines is 1. The molecule has 0 radical (unpaired) electrons. The van der Waals surface area contributed by atoms with E-state index in [4.69, 9.17) is 21.1 Å². The van der Waals surface area contributed by atoms with E-state index in [1.165, 1.54) is 5.56 Å². The monoisotopic (exact) mass is 391 g/mol. The lowest BCUT2D eigenvalue weighted by molar-refractivity contribution is -0.113. The summed E-state index contributed by atoms with van der Waals surface area (Å²) in [5, 5.41) is 3.52. The summed E-state index contributed by atoms with van der Waals surface area (Å²) < 4.78 is 11.3. The number of nitrogens with one attached hydrogen (secondary N) is 1. The van der Waals surface area contributed by atoms with Crippen LogP contribution in [0.25, 0.3) is 0 Å². The molecule has 0 atom stereocenters. The summed E-state index contributed by atoms with van der Waals surface area (Å²) in [4.78, 5) is 12.2. The molecule has 4 nitrogen and oxygen atoms in total. The highest BCUT2D eigenvalue weighted by atomic mass is 35.5. The predicted octanol–water partition coefficient (Wildman–Crippen LogP) is 4.99. The Kier molecular flexibility index (Phi) is 6.33. The van der Waals surface area contributed by atoms with Crippen LogP contribution in [0, 0.1) is 13.8 Å². The summed E-state index contributed by atoms with van der Waals surface area (Å²) in [5.41, 5.74) is 4.13. The lowest BCUT2D eigenvalue weighted by Crippen LogP contribution is -2.15. The van der Waals surface area contributed by atoms with E-state index < -0.39 is 0 Å². The van der Waals surface area contributed by atoms with E-state index in [9.17, 15) is 4.79 Å². The molecule has 0 aliphatic carbocycles. The van der Waals surface area contributed by atoms with Crippen LogP contribution in [0.4, 0.5) is 5.69 Å². The van der Waals surface area contributed by atoms with Crippen molar-refractivity contribution in [3.8, 4) is 11.5 Å². The number of benzene rings is 2. The second-order valence-corrected chi connectivity index (χ2v) is 7.71. The van der Waals surface area contributed by atoms with Gasteiger partial charge in [-0.05, 0) is 43.2 Å². The first-order valence-electron chi connectivity index (χ1n) is 8.56. The van der Waals surface area contributed by atoms with Gasteiger partial charge in [0.2, 0.25) is 5.91 Å². The molecule has 0 spiro atoms. The molecule has 0 bridgehead atoms. The lowest BCUT2D eigenvalue weighted by Gasteiger charge is -2.12. The maximum absolute atomic E-state index is 12.2. The number of fused-ring (bicyclic) bond motifs is 1. The van der Waals surface area contributed by atoms with Crippen molar-refractivity contribution in [2.75, 3.05) is 24.3 Å². The minimum atomic E-state index is -0.0117. The zero-order valence-corrected chi connectivity index (χ0v) is 16.5. The van der Waals surface area contributed by atoms with Crippen molar-refractivity contribution in [1.82, 2.24) is 0 Å². The first kappa shape index (κ1) is 18.9. The van der Waals surface area contributed by atoms with Crippen molar-refractivity contribution >= 4 is 35.0 Å². The average molecular weight is 392 g/mol. The van der Waals surface area contributed by atoms with E-state index >= 15 is 0 Å². The number of hydrogen-bond acceptors (Lipinski definition) is 4. The SMILES string of the molecule is Cc1ccc(NC(=O)CSCc2cc(Cl)c3c(c2)OCCCO3)c(C)c1. The molecule has 2 aromatic rings. The number of aryl methyl sites for hydroxylation is 2. The Hall–Kier alpha value is -1.85. The van der Waals surface area contributed by atoms with Gasteiger partial charge in [-0.25, -0.2) is 0 Å². The molecule has 1 aliphatic heterocycles. The third-order valence-corrected chi connectivity index (χ3v) is 5.30. The van der Waals surface area contributed by atoms with Crippen molar-refractivity contribution in [1.29, 1.82) is 0 Å². The molecule has 138 valence electrons. The van der Waals surface area contributed by atoms with Crippen molar-refractivity contribution in [3.63, 3.8) is 0 Å². The highest BCUT2D eigenvalue weighted by Crippen LogP contribution is 2.38. The molecule has 1 heterocycles. The number of halogens is 1. The molecular formula is C20H22ClNO3S. The standard InChI is InChI=1S/C20H22ClNO3S/c1-13-4-5-17(14(2)8-13)22-19(23)12-26-11-15-9-16(21)20-18(10-15)24-6-3-7-25-20/h4-5,8-10H,3,6-7,11-12H2,1-2H3,(H,22,23). The highest BCUT2D eigenvalue weighted by molar-refractivity contribution is 7.99. The van der Waals surface area contributed by atoms with E-state index in [0.717, 1.165) is 23.2 Å². The third-order valence-electron chi connectivity index (χ3n) is 4.02. The van der Waals surface area contributed by atoms with Gasteiger partial charge in [-0.3, -0.25) is 4.79 Å². The average Bonchev–Trinajstić information content (AvgIpc) is 2.83. The molecule has 1 N–H and O–H groups in total. The fourth-order valence-corrected chi connectivity index (χ4v) is 3.82.